The Morgan fingerprint density at radius 2 is 1.67 bits per heavy atom. The number of carbonyl (C=O) groups excluding carboxylic acids is 1. The van der Waals surface area contributed by atoms with Gasteiger partial charge in [0.25, 0.3) is 0 Å². The number of nitrogens with zero attached hydrogens (tertiary/aromatic N) is 2. The molecule has 0 atom stereocenters. The van der Waals surface area contributed by atoms with E-state index in [1.165, 1.54) is 16.4 Å². The zero-order chi connectivity index (χ0) is 18.0. The molecule has 1 fully saturated rings. The maximum Gasteiger partial charge on any atom is 0.243 e. The number of nitrogens with one attached hydrogen (secondary N) is 1. The van der Waals surface area contributed by atoms with E-state index in [4.69, 9.17) is 0 Å². The second-order valence-electron chi connectivity index (χ2n) is 6.93. The standard InChI is InChI=1S/C16H24FN3O3S/c1-16(2,3)18-15(21)12-19-8-10-20(11-9-19)24(22,23)14-6-4-13(17)5-7-14/h4-7H,8-12H2,1-3H3,(H,18,21). The monoisotopic (exact) mass is 357 g/mol. The van der Waals surface area contributed by atoms with Gasteiger partial charge in [-0.2, -0.15) is 4.31 Å². The summed E-state index contributed by atoms with van der Waals surface area (Å²) in [4.78, 5) is 14.0. The maximum atomic E-state index is 13.0. The molecule has 134 valence electrons. The van der Waals surface area contributed by atoms with Gasteiger partial charge in [0.1, 0.15) is 5.82 Å². The summed E-state index contributed by atoms with van der Waals surface area (Å²) in [6.45, 7) is 7.58. The van der Waals surface area contributed by atoms with Crippen molar-refractivity contribution in [1.82, 2.24) is 14.5 Å². The molecule has 0 bridgehead atoms. The van der Waals surface area contributed by atoms with E-state index in [9.17, 15) is 17.6 Å². The number of benzene rings is 1. The molecular weight excluding hydrogens is 333 g/mol. The van der Waals surface area contributed by atoms with Gasteiger partial charge in [-0.05, 0) is 45.0 Å². The Hall–Kier alpha value is -1.51. The average Bonchev–Trinajstić information content (AvgIpc) is 2.46. The second-order valence-corrected chi connectivity index (χ2v) is 8.87. The summed E-state index contributed by atoms with van der Waals surface area (Å²) in [5.41, 5.74) is -0.287. The lowest BCUT2D eigenvalue weighted by Gasteiger charge is -2.34. The van der Waals surface area contributed by atoms with Crippen molar-refractivity contribution in [1.29, 1.82) is 0 Å². The molecule has 0 radical (unpaired) electrons. The van der Waals surface area contributed by atoms with Crippen molar-refractivity contribution in [3.05, 3.63) is 30.1 Å². The molecule has 1 saturated heterocycles. The summed E-state index contributed by atoms with van der Waals surface area (Å²) in [5, 5.41) is 2.89. The Morgan fingerprint density at radius 3 is 2.17 bits per heavy atom. The smallest absolute Gasteiger partial charge is 0.243 e. The quantitative estimate of drug-likeness (QED) is 0.874. The van der Waals surface area contributed by atoms with E-state index in [0.29, 0.717) is 26.2 Å². The molecule has 1 aliphatic heterocycles. The Bertz CT molecular complexity index is 676. The van der Waals surface area contributed by atoms with Crippen LogP contribution in [0.2, 0.25) is 0 Å². The maximum absolute atomic E-state index is 13.0. The summed E-state index contributed by atoms with van der Waals surface area (Å²) in [5.74, 6) is -0.541. The molecule has 0 spiro atoms. The van der Waals surface area contributed by atoms with Crippen LogP contribution in [-0.4, -0.2) is 61.8 Å². The lowest BCUT2D eigenvalue weighted by Crippen LogP contribution is -2.52. The van der Waals surface area contributed by atoms with E-state index in [0.717, 1.165) is 12.1 Å². The van der Waals surface area contributed by atoms with Gasteiger partial charge >= 0.3 is 0 Å². The van der Waals surface area contributed by atoms with Crippen LogP contribution in [0.25, 0.3) is 0 Å². The summed E-state index contributed by atoms with van der Waals surface area (Å²) in [6, 6.07) is 4.82. The molecule has 1 heterocycles. The molecule has 0 aromatic heterocycles. The normalized spacial score (nSPS) is 17.7. The first-order valence-corrected chi connectivity index (χ1v) is 9.31. The highest BCUT2D eigenvalue weighted by Gasteiger charge is 2.29. The van der Waals surface area contributed by atoms with Crippen molar-refractivity contribution in [3.8, 4) is 0 Å². The van der Waals surface area contributed by atoms with E-state index in [1.54, 1.807) is 0 Å². The lowest BCUT2D eigenvalue weighted by molar-refractivity contribution is -0.123. The summed E-state index contributed by atoms with van der Waals surface area (Å²) in [7, 11) is -3.62. The van der Waals surface area contributed by atoms with Gasteiger partial charge in [-0.15, -0.1) is 0 Å². The number of piperazine rings is 1. The fourth-order valence-corrected chi connectivity index (χ4v) is 3.97. The van der Waals surface area contributed by atoms with Crippen molar-refractivity contribution in [2.75, 3.05) is 32.7 Å². The third kappa shape index (κ3) is 4.99. The number of hydrogen-bond donors (Lipinski definition) is 1. The van der Waals surface area contributed by atoms with Crippen molar-refractivity contribution in [2.45, 2.75) is 31.2 Å². The topological polar surface area (TPSA) is 69.7 Å². The summed E-state index contributed by atoms with van der Waals surface area (Å²) >= 11 is 0. The number of amides is 1. The average molecular weight is 357 g/mol. The molecule has 1 aromatic carbocycles. The molecule has 1 aromatic rings. The molecule has 1 amide bonds. The Labute approximate surface area is 142 Å². The highest BCUT2D eigenvalue weighted by Crippen LogP contribution is 2.18. The van der Waals surface area contributed by atoms with Gasteiger partial charge in [0.15, 0.2) is 0 Å². The van der Waals surface area contributed by atoms with Gasteiger partial charge in [-0.3, -0.25) is 9.69 Å². The molecule has 0 aliphatic carbocycles. The van der Waals surface area contributed by atoms with Gasteiger partial charge in [0.05, 0.1) is 11.4 Å². The van der Waals surface area contributed by atoms with E-state index < -0.39 is 15.8 Å². The largest absolute Gasteiger partial charge is 0.350 e. The molecule has 8 heteroatoms. The molecule has 0 saturated carbocycles. The first-order chi connectivity index (χ1) is 11.1. The van der Waals surface area contributed by atoms with Crippen LogP contribution in [0, 0.1) is 5.82 Å². The SMILES string of the molecule is CC(C)(C)NC(=O)CN1CCN(S(=O)(=O)c2ccc(F)cc2)CC1. The van der Waals surface area contributed by atoms with Crippen LogP contribution in [0.5, 0.6) is 0 Å². The molecule has 24 heavy (non-hydrogen) atoms. The molecule has 2 rings (SSSR count). The predicted octanol–water partition coefficient (Wildman–Crippen LogP) is 1.05. The third-order valence-electron chi connectivity index (χ3n) is 3.66. The minimum absolute atomic E-state index is 0.0719. The third-order valence-corrected chi connectivity index (χ3v) is 5.58. The van der Waals surface area contributed by atoms with Crippen LogP contribution in [0.1, 0.15) is 20.8 Å². The van der Waals surface area contributed by atoms with Gasteiger partial charge in [0, 0.05) is 31.7 Å². The Morgan fingerprint density at radius 1 is 1.12 bits per heavy atom. The molecule has 6 nitrogen and oxygen atoms in total. The number of rotatable bonds is 4. The molecule has 1 N–H and O–H groups in total. The first-order valence-electron chi connectivity index (χ1n) is 7.87. The van der Waals surface area contributed by atoms with Crippen LogP contribution in [-0.2, 0) is 14.8 Å². The van der Waals surface area contributed by atoms with E-state index >= 15 is 0 Å². The second kappa shape index (κ2) is 7.16. The van der Waals surface area contributed by atoms with Crippen molar-refractivity contribution in [2.24, 2.45) is 0 Å². The van der Waals surface area contributed by atoms with E-state index in [-0.39, 0.29) is 22.9 Å². The van der Waals surface area contributed by atoms with Crippen LogP contribution in [0.15, 0.2) is 29.2 Å². The minimum Gasteiger partial charge on any atom is -0.350 e. The van der Waals surface area contributed by atoms with Crippen LogP contribution in [0.4, 0.5) is 4.39 Å². The van der Waals surface area contributed by atoms with Crippen LogP contribution >= 0.6 is 0 Å². The Balaban J connectivity index is 1.92. The lowest BCUT2D eigenvalue weighted by atomic mass is 10.1. The van der Waals surface area contributed by atoms with Crippen molar-refractivity contribution >= 4 is 15.9 Å². The number of sulfonamides is 1. The number of hydrogen-bond acceptors (Lipinski definition) is 4. The van der Waals surface area contributed by atoms with Crippen LogP contribution < -0.4 is 5.32 Å². The zero-order valence-electron chi connectivity index (χ0n) is 14.3. The van der Waals surface area contributed by atoms with Gasteiger partial charge in [0.2, 0.25) is 15.9 Å². The molecule has 0 unspecified atom stereocenters. The fourth-order valence-electron chi connectivity index (χ4n) is 2.54. The molecule has 1 aliphatic rings. The highest BCUT2D eigenvalue weighted by molar-refractivity contribution is 7.89. The van der Waals surface area contributed by atoms with Crippen molar-refractivity contribution < 1.29 is 17.6 Å². The molecular formula is C16H24FN3O3S. The van der Waals surface area contributed by atoms with E-state index in [1.807, 2.05) is 25.7 Å². The number of carbonyl (C=O) groups is 1. The predicted molar refractivity (Wildman–Crippen MR) is 89.5 cm³/mol. The summed E-state index contributed by atoms with van der Waals surface area (Å²) < 4.78 is 39.4. The first kappa shape index (κ1) is 18.8. The van der Waals surface area contributed by atoms with Crippen LogP contribution in [0.3, 0.4) is 0 Å². The van der Waals surface area contributed by atoms with Gasteiger partial charge in [-0.1, -0.05) is 0 Å². The Kier molecular flexibility index (Phi) is 5.62. The zero-order valence-corrected chi connectivity index (χ0v) is 15.1. The summed E-state index contributed by atoms with van der Waals surface area (Å²) in [6.07, 6.45) is 0. The van der Waals surface area contributed by atoms with Gasteiger partial charge in [-0.25, -0.2) is 12.8 Å². The highest BCUT2D eigenvalue weighted by atomic mass is 32.2. The van der Waals surface area contributed by atoms with Gasteiger partial charge < -0.3 is 5.32 Å². The minimum atomic E-state index is -3.62. The van der Waals surface area contributed by atoms with E-state index in [2.05, 4.69) is 5.32 Å². The van der Waals surface area contributed by atoms with Crippen molar-refractivity contribution in [3.63, 3.8) is 0 Å². The fraction of sp³-hybridized carbons (Fsp3) is 0.562. The number of halogens is 1.